The highest BCUT2D eigenvalue weighted by Crippen LogP contribution is 2.24. The summed E-state index contributed by atoms with van der Waals surface area (Å²) in [7, 11) is 0. The zero-order valence-corrected chi connectivity index (χ0v) is 15.7. The van der Waals surface area contributed by atoms with Crippen molar-refractivity contribution in [2.24, 2.45) is 0 Å². The average Bonchev–Trinajstić information content (AvgIpc) is 3.17. The maximum absolute atomic E-state index is 12.1. The Morgan fingerprint density at radius 1 is 1.28 bits per heavy atom. The van der Waals surface area contributed by atoms with Gasteiger partial charge >= 0.3 is 0 Å². The van der Waals surface area contributed by atoms with Crippen LogP contribution in [0.5, 0.6) is 0 Å². The quantitative estimate of drug-likeness (QED) is 0.583. The summed E-state index contributed by atoms with van der Waals surface area (Å²) in [4.78, 5) is 16.6. The molecule has 5 nitrogen and oxygen atoms in total. The Hall–Kier alpha value is -1.66. The molecule has 6 heteroatoms. The summed E-state index contributed by atoms with van der Waals surface area (Å²) in [5.74, 6) is 1.31. The second-order valence-corrected chi connectivity index (χ2v) is 7.48. The van der Waals surface area contributed by atoms with Crippen molar-refractivity contribution in [3.8, 4) is 11.5 Å². The molecule has 0 bridgehead atoms. The molecule has 0 spiro atoms. The Kier molecular flexibility index (Phi) is 6.64. The van der Waals surface area contributed by atoms with Gasteiger partial charge in [0.15, 0.2) is 0 Å². The Balaban J connectivity index is 1.40. The molecule has 1 saturated carbocycles. The largest absolute Gasteiger partial charge is 0.441 e. The molecule has 0 radical (unpaired) electrons. The van der Waals surface area contributed by atoms with Gasteiger partial charge in [-0.2, -0.15) is 11.3 Å². The van der Waals surface area contributed by atoms with Crippen LogP contribution in [0.3, 0.4) is 0 Å². The number of thiophene rings is 1. The maximum atomic E-state index is 12.1. The van der Waals surface area contributed by atoms with E-state index in [1.54, 1.807) is 11.3 Å². The topological polar surface area (TPSA) is 67.2 Å². The zero-order chi connectivity index (χ0) is 17.5. The number of carbonyl (C=O) groups is 1. The fraction of sp³-hybridized carbons (Fsp3) is 0.579. The van der Waals surface area contributed by atoms with Crippen LogP contribution in [0, 0.1) is 6.92 Å². The summed E-state index contributed by atoms with van der Waals surface area (Å²) >= 11 is 1.60. The molecule has 1 aliphatic carbocycles. The van der Waals surface area contributed by atoms with E-state index < -0.39 is 0 Å². The first-order valence-corrected chi connectivity index (χ1v) is 10.2. The number of rotatable bonds is 7. The number of nitrogens with zero attached hydrogens (tertiary/aromatic N) is 1. The third-order valence-corrected chi connectivity index (χ3v) is 5.41. The first kappa shape index (κ1) is 18.1. The lowest BCUT2D eigenvalue weighted by Crippen LogP contribution is -2.37. The lowest BCUT2D eigenvalue weighted by Gasteiger charge is -2.16. The van der Waals surface area contributed by atoms with Gasteiger partial charge in [0.05, 0.1) is 12.1 Å². The zero-order valence-electron chi connectivity index (χ0n) is 14.8. The molecular weight excluding hydrogens is 334 g/mol. The molecule has 25 heavy (non-hydrogen) atoms. The highest BCUT2D eigenvalue weighted by Gasteiger charge is 2.15. The minimum Gasteiger partial charge on any atom is -0.441 e. The second kappa shape index (κ2) is 9.15. The smallest absolute Gasteiger partial charge is 0.227 e. The van der Waals surface area contributed by atoms with Gasteiger partial charge in [-0.1, -0.05) is 25.7 Å². The molecule has 0 saturated heterocycles. The highest BCUT2D eigenvalue weighted by molar-refractivity contribution is 7.08. The molecule has 0 aromatic carbocycles. The fourth-order valence-corrected chi connectivity index (χ4v) is 3.91. The number of nitrogens with one attached hydrogen (secondary N) is 2. The van der Waals surface area contributed by atoms with Crippen molar-refractivity contribution in [3.63, 3.8) is 0 Å². The monoisotopic (exact) mass is 361 g/mol. The third-order valence-electron chi connectivity index (χ3n) is 4.72. The molecule has 0 atom stereocenters. The van der Waals surface area contributed by atoms with Crippen LogP contribution in [0.2, 0.25) is 0 Å². The normalized spacial score (nSPS) is 15.9. The van der Waals surface area contributed by atoms with Crippen LogP contribution in [0.1, 0.15) is 50.0 Å². The highest BCUT2D eigenvalue weighted by atomic mass is 32.1. The molecule has 1 fully saturated rings. The number of oxazole rings is 1. The Labute approximate surface area is 153 Å². The van der Waals surface area contributed by atoms with Crippen LogP contribution < -0.4 is 10.6 Å². The molecule has 2 aromatic rings. The van der Waals surface area contributed by atoms with Gasteiger partial charge in [0, 0.05) is 30.1 Å². The van der Waals surface area contributed by atoms with E-state index in [0.717, 1.165) is 17.8 Å². The lowest BCUT2D eigenvalue weighted by atomic mass is 10.1. The van der Waals surface area contributed by atoms with E-state index in [2.05, 4.69) is 15.6 Å². The minimum atomic E-state index is -0.00376. The van der Waals surface area contributed by atoms with Gasteiger partial charge in [-0.25, -0.2) is 4.98 Å². The second-order valence-electron chi connectivity index (χ2n) is 6.70. The fourth-order valence-electron chi connectivity index (χ4n) is 3.28. The average molecular weight is 362 g/mol. The van der Waals surface area contributed by atoms with E-state index in [1.807, 2.05) is 23.8 Å². The number of aryl methyl sites for hydroxylation is 1. The lowest BCUT2D eigenvalue weighted by molar-refractivity contribution is -0.120. The molecular formula is C19H27N3O2S. The van der Waals surface area contributed by atoms with Crippen molar-refractivity contribution in [2.75, 3.05) is 13.1 Å². The van der Waals surface area contributed by atoms with Crippen molar-refractivity contribution < 1.29 is 9.21 Å². The van der Waals surface area contributed by atoms with Crippen LogP contribution in [-0.2, 0) is 11.2 Å². The molecule has 0 unspecified atom stereocenters. The first-order valence-electron chi connectivity index (χ1n) is 9.21. The summed E-state index contributed by atoms with van der Waals surface area (Å²) in [6, 6.07) is 2.59. The van der Waals surface area contributed by atoms with E-state index in [0.29, 0.717) is 24.2 Å². The van der Waals surface area contributed by atoms with Crippen LogP contribution in [0.25, 0.3) is 11.5 Å². The van der Waals surface area contributed by atoms with E-state index >= 15 is 0 Å². The first-order chi connectivity index (χ1) is 12.2. The number of hydrogen-bond donors (Lipinski definition) is 2. The van der Waals surface area contributed by atoms with Crippen molar-refractivity contribution >= 4 is 17.2 Å². The minimum absolute atomic E-state index is 0.00376. The van der Waals surface area contributed by atoms with E-state index in [4.69, 9.17) is 4.42 Å². The molecule has 136 valence electrons. The predicted molar refractivity (Wildman–Crippen MR) is 101 cm³/mol. The predicted octanol–water partition coefficient (Wildman–Crippen LogP) is 3.68. The van der Waals surface area contributed by atoms with Gasteiger partial charge in [-0.3, -0.25) is 4.79 Å². The molecule has 2 heterocycles. The van der Waals surface area contributed by atoms with Gasteiger partial charge in [0.25, 0.3) is 0 Å². The summed E-state index contributed by atoms with van der Waals surface area (Å²) in [6.45, 7) is 3.34. The standard InChI is InChI=1S/C19H27N3O2S/c1-14-17(22-19(24-14)15-8-11-25-13-15)12-18(23)21-10-9-20-16-6-4-2-3-5-7-16/h8,11,13,16,20H,2-7,9-10,12H2,1H3,(H,21,23). The van der Waals surface area contributed by atoms with Gasteiger partial charge in [0.2, 0.25) is 11.8 Å². The van der Waals surface area contributed by atoms with Gasteiger partial charge in [0.1, 0.15) is 5.76 Å². The van der Waals surface area contributed by atoms with Crippen LogP contribution in [0.4, 0.5) is 0 Å². The summed E-state index contributed by atoms with van der Waals surface area (Å²) < 4.78 is 5.68. The SMILES string of the molecule is Cc1oc(-c2ccsc2)nc1CC(=O)NCCNC1CCCCCC1. The summed E-state index contributed by atoms with van der Waals surface area (Å²) in [5.41, 5.74) is 1.68. The van der Waals surface area contributed by atoms with Crippen molar-refractivity contribution in [2.45, 2.75) is 57.9 Å². The Morgan fingerprint density at radius 3 is 2.80 bits per heavy atom. The number of amides is 1. The van der Waals surface area contributed by atoms with Crippen molar-refractivity contribution in [1.82, 2.24) is 15.6 Å². The molecule has 1 aliphatic rings. The third kappa shape index (κ3) is 5.41. The Bertz CT molecular complexity index is 658. The number of carbonyl (C=O) groups excluding carboxylic acids is 1. The molecule has 2 aromatic heterocycles. The molecule has 0 aliphatic heterocycles. The molecule has 1 amide bonds. The summed E-state index contributed by atoms with van der Waals surface area (Å²) in [6.07, 6.45) is 8.15. The molecule has 2 N–H and O–H groups in total. The van der Waals surface area contributed by atoms with Crippen LogP contribution >= 0.6 is 11.3 Å². The summed E-state index contributed by atoms with van der Waals surface area (Å²) in [5, 5.41) is 10.5. The van der Waals surface area contributed by atoms with E-state index in [-0.39, 0.29) is 12.3 Å². The van der Waals surface area contributed by atoms with E-state index in [1.165, 1.54) is 38.5 Å². The van der Waals surface area contributed by atoms with Crippen molar-refractivity contribution in [1.29, 1.82) is 0 Å². The number of hydrogen-bond acceptors (Lipinski definition) is 5. The molecule has 3 rings (SSSR count). The Morgan fingerprint density at radius 2 is 2.08 bits per heavy atom. The van der Waals surface area contributed by atoms with Gasteiger partial charge in [-0.15, -0.1) is 0 Å². The van der Waals surface area contributed by atoms with E-state index in [9.17, 15) is 4.79 Å². The van der Waals surface area contributed by atoms with Gasteiger partial charge < -0.3 is 15.1 Å². The number of aromatic nitrogens is 1. The van der Waals surface area contributed by atoms with Gasteiger partial charge in [-0.05, 0) is 31.2 Å². The maximum Gasteiger partial charge on any atom is 0.227 e. The van der Waals surface area contributed by atoms with Crippen LogP contribution in [-0.4, -0.2) is 30.0 Å². The van der Waals surface area contributed by atoms with Crippen molar-refractivity contribution in [3.05, 3.63) is 28.3 Å². The van der Waals surface area contributed by atoms with Crippen LogP contribution in [0.15, 0.2) is 21.2 Å².